The topological polar surface area (TPSA) is 69.6 Å². The number of likely N-dealkylation sites (tertiary alicyclic amines) is 1. The van der Waals surface area contributed by atoms with Gasteiger partial charge in [0.15, 0.2) is 0 Å². The van der Waals surface area contributed by atoms with Crippen molar-refractivity contribution in [2.24, 2.45) is 0 Å². The van der Waals surface area contributed by atoms with Gasteiger partial charge in [-0.25, -0.2) is 9.97 Å². The minimum Gasteiger partial charge on any atom is -0.508 e. The summed E-state index contributed by atoms with van der Waals surface area (Å²) in [5, 5.41) is 10.1. The molecule has 1 atom stereocenters. The van der Waals surface area contributed by atoms with E-state index in [0.717, 1.165) is 74.6 Å². The van der Waals surface area contributed by atoms with Gasteiger partial charge < -0.3 is 10.0 Å². The SMILES string of the molecule is CC(=O)N1CCC[C@H](c2ncc3c(n2)CCN(Cc2cc(C)ccc2O)C3)C1. The predicted octanol–water partition coefficient (Wildman–Crippen LogP) is 2.77. The van der Waals surface area contributed by atoms with Crippen LogP contribution < -0.4 is 0 Å². The normalized spacial score (nSPS) is 20.1. The quantitative estimate of drug-likeness (QED) is 0.887. The van der Waals surface area contributed by atoms with Crippen LogP contribution in [-0.4, -0.2) is 50.4 Å². The first-order valence-corrected chi connectivity index (χ1v) is 10.1. The van der Waals surface area contributed by atoms with Gasteiger partial charge in [0, 0.05) is 75.0 Å². The van der Waals surface area contributed by atoms with Crippen LogP contribution in [0, 0.1) is 6.92 Å². The zero-order valence-electron chi connectivity index (χ0n) is 16.7. The standard InChI is InChI=1S/C22H28N4O2/c1-15-5-6-21(28)18(10-15)12-25-9-7-20-19(13-25)11-23-22(24-20)17-4-3-8-26(14-17)16(2)27/h5-6,10-11,17,28H,3-4,7-9,12-14H2,1-2H3/t17-/m0/s1. The van der Waals surface area contributed by atoms with Crippen LogP contribution >= 0.6 is 0 Å². The lowest BCUT2D eigenvalue weighted by Gasteiger charge is -2.32. The first-order chi connectivity index (χ1) is 13.5. The van der Waals surface area contributed by atoms with Gasteiger partial charge in [0.1, 0.15) is 11.6 Å². The summed E-state index contributed by atoms with van der Waals surface area (Å²) in [5.41, 5.74) is 4.42. The Labute approximate surface area is 166 Å². The van der Waals surface area contributed by atoms with Crippen LogP contribution in [0.25, 0.3) is 0 Å². The van der Waals surface area contributed by atoms with Crippen molar-refractivity contribution in [3.05, 3.63) is 52.6 Å². The van der Waals surface area contributed by atoms with E-state index in [2.05, 4.69) is 9.88 Å². The van der Waals surface area contributed by atoms with Crippen LogP contribution in [0.3, 0.4) is 0 Å². The largest absolute Gasteiger partial charge is 0.508 e. The number of carbonyl (C=O) groups is 1. The summed E-state index contributed by atoms with van der Waals surface area (Å²) in [6, 6.07) is 5.75. The van der Waals surface area contributed by atoms with E-state index >= 15 is 0 Å². The molecule has 0 radical (unpaired) electrons. The summed E-state index contributed by atoms with van der Waals surface area (Å²) in [6.07, 6.45) is 4.91. The van der Waals surface area contributed by atoms with Crippen molar-refractivity contribution < 1.29 is 9.90 Å². The highest BCUT2D eigenvalue weighted by Gasteiger charge is 2.26. The van der Waals surface area contributed by atoms with Crippen LogP contribution in [0.5, 0.6) is 5.75 Å². The zero-order valence-corrected chi connectivity index (χ0v) is 16.7. The molecule has 2 aliphatic rings. The molecular formula is C22H28N4O2. The number of benzene rings is 1. The van der Waals surface area contributed by atoms with E-state index in [1.807, 2.05) is 30.2 Å². The van der Waals surface area contributed by atoms with Gasteiger partial charge >= 0.3 is 0 Å². The first kappa shape index (κ1) is 18.9. The lowest BCUT2D eigenvalue weighted by Crippen LogP contribution is -2.38. The van der Waals surface area contributed by atoms with Crippen LogP contribution in [0.15, 0.2) is 24.4 Å². The number of aromatic nitrogens is 2. The van der Waals surface area contributed by atoms with Gasteiger partial charge in [-0.2, -0.15) is 0 Å². The Morgan fingerprint density at radius 1 is 1.32 bits per heavy atom. The average molecular weight is 380 g/mol. The number of aryl methyl sites for hydroxylation is 1. The van der Waals surface area contributed by atoms with E-state index in [4.69, 9.17) is 4.98 Å². The molecule has 6 heteroatoms. The Hall–Kier alpha value is -2.47. The molecule has 1 aromatic carbocycles. The monoisotopic (exact) mass is 380 g/mol. The molecule has 0 aliphatic carbocycles. The molecule has 1 aromatic heterocycles. The second-order valence-electron chi connectivity index (χ2n) is 8.10. The molecule has 148 valence electrons. The van der Waals surface area contributed by atoms with Crippen molar-refractivity contribution in [1.29, 1.82) is 0 Å². The average Bonchev–Trinajstić information content (AvgIpc) is 2.70. The number of amides is 1. The molecule has 2 aromatic rings. The number of nitrogens with zero attached hydrogens (tertiary/aromatic N) is 4. The number of phenolic OH excluding ortho intramolecular Hbond substituents is 1. The second-order valence-corrected chi connectivity index (χ2v) is 8.10. The third-order valence-electron chi connectivity index (χ3n) is 5.89. The summed E-state index contributed by atoms with van der Waals surface area (Å²) >= 11 is 0. The van der Waals surface area contributed by atoms with Crippen molar-refractivity contribution in [3.63, 3.8) is 0 Å². The molecule has 1 amide bonds. The molecule has 1 N–H and O–H groups in total. The Kier molecular flexibility index (Phi) is 5.31. The number of hydrogen-bond acceptors (Lipinski definition) is 5. The number of hydrogen-bond donors (Lipinski definition) is 1. The number of aromatic hydroxyl groups is 1. The van der Waals surface area contributed by atoms with Crippen LogP contribution in [0.1, 0.15) is 53.9 Å². The van der Waals surface area contributed by atoms with Crippen LogP contribution in [0.2, 0.25) is 0 Å². The summed E-state index contributed by atoms with van der Waals surface area (Å²) in [4.78, 5) is 25.5. The van der Waals surface area contributed by atoms with Gasteiger partial charge in [-0.3, -0.25) is 9.69 Å². The Morgan fingerprint density at radius 2 is 2.18 bits per heavy atom. The van der Waals surface area contributed by atoms with E-state index in [9.17, 15) is 9.90 Å². The fourth-order valence-corrected chi connectivity index (χ4v) is 4.28. The van der Waals surface area contributed by atoms with E-state index in [-0.39, 0.29) is 11.8 Å². The highest BCUT2D eigenvalue weighted by molar-refractivity contribution is 5.73. The third kappa shape index (κ3) is 4.02. The molecule has 0 unspecified atom stereocenters. The summed E-state index contributed by atoms with van der Waals surface area (Å²) in [7, 11) is 0. The van der Waals surface area contributed by atoms with E-state index in [1.165, 1.54) is 5.56 Å². The van der Waals surface area contributed by atoms with Gasteiger partial charge in [0.2, 0.25) is 5.91 Å². The summed E-state index contributed by atoms with van der Waals surface area (Å²) < 4.78 is 0. The smallest absolute Gasteiger partial charge is 0.219 e. The second kappa shape index (κ2) is 7.87. The summed E-state index contributed by atoms with van der Waals surface area (Å²) in [5.74, 6) is 1.62. The minimum atomic E-state index is 0.137. The minimum absolute atomic E-state index is 0.137. The molecule has 0 bridgehead atoms. The molecule has 28 heavy (non-hydrogen) atoms. The predicted molar refractivity (Wildman–Crippen MR) is 107 cm³/mol. The Morgan fingerprint density at radius 3 is 3.00 bits per heavy atom. The lowest BCUT2D eigenvalue weighted by atomic mass is 9.96. The molecule has 1 saturated heterocycles. The molecule has 2 aliphatic heterocycles. The van der Waals surface area contributed by atoms with Crippen molar-refractivity contribution in [2.45, 2.75) is 52.1 Å². The number of fused-ring (bicyclic) bond motifs is 1. The number of carbonyl (C=O) groups excluding carboxylic acids is 1. The van der Waals surface area contributed by atoms with Crippen LogP contribution in [0.4, 0.5) is 0 Å². The molecule has 0 saturated carbocycles. The fourth-order valence-electron chi connectivity index (χ4n) is 4.28. The molecule has 0 spiro atoms. The van der Waals surface area contributed by atoms with Gasteiger partial charge in [-0.1, -0.05) is 17.7 Å². The Balaban J connectivity index is 1.46. The molecular weight excluding hydrogens is 352 g/mol. The van der Waals surface area contributed by atoms with E-state index < -0.39 is 0 Å². The summed E-state index contributed by atoms with van der Waals surface area (Å²) in [6.45, 7) is 7.70. The van der Waals surface area contributed by atoms with Crippen molar-refractivity contribution in [1.82, 2.24) is 19.8 Å². The third-order valence-corrected chi connectivity index (χ3v) is 5.89. The fraction of sp³-hybridized carbons (Fsp3) is 0.500. The Bertz CT molecular complexity index is 883. The maximum absolute atomic E-state index is 11.7. The maximum Gasteiger partial charge on any atom is 0.219 e. The van der Waals surface area contributed by atoms with Gasteiger partial charge in [0.25, 0.3) is 0 Å². The lowest BCUT2D eigenvalue weighted by molar-refractivity contribution is -0.130. The molecule has 1 fully saturated rings. The van der Waals surface area contributed by atoms with Crippen molar-refractivity contribution >= 4 is 5.91 Å². The molecule has 6 nitrogen and oxygen atoms in total. The van der Waals surface area contributed by atoms with Gasteiger partial charge in [-0.05, 0) is 25.8 Å². The van der Waals surface area contributed by atoms with Gasteiger partial charge in [0.05, 0.1) is 0 Å². The highest BCUT2D eigenvalue weighted by Crippen LogP contribution is 2.27. The number of phenols is 1. The number of rotatable bonds is 3. The van der Waals surface area contributed by atoms with E-state index in [0.29, 0.717) is 5.75 Å². The molecule has 3 heterocycles. The van der Waals surface area contributed by atoms with Crippen LogP contribution in [-0.2, 0) is 24.3 Å². The van der Waals surface area contributed by atoms with Gasteiger partial charge in [-0.15, -0.1) is 0 Å². The maximum atomic E-state index is 11.7. The zero-order chi connectivity index (χ0) is 19.7. The molecule has 4 rings (SSSR count). The van der Waals surface area contributed by atoms with E-state index in [1.54, 1.807) is 13.0 Å². The first-order valence-electron chi connectivity index (χ1n) is 10.1. The number of piperidine rings is 1. The highest BCUT2D eigenvalue weighted by atomic mass is 16.3. The van der Waals surface area contributed by atoms with Crippen molar-refractivity contribution in [3.8, 4) is 5.75 Å². The van der Waals surface area contributed by atoms with Crippen molar-refractivity contribution in [2.75, 3.05) is 19.6 Å².